The third-order valence-electron chi connectivity index (χ3n) is 4.45. The Labute approximate surface area is 169 Å². The van der Waals surface area contributed by atoms with E-state index in [4.69, 9.17) is 4.74 Å². The molecule has 2 amide bonds. The molecule has 3 rings (SSSR count). The van der Waals surface area contributed by atoms with E-state index in [0.29, 0.717) is 17.2 Å². The highest BCUT2D eigenvalue weighted by Gasteiger charge is 2.30. The number of nitrogens with one attached hydrogen (secondary N) is 2. The van der Waals surface area contributed by atoms with Crippen molar-refractivity contribution in [3.8, 4) is 5.75 Å². The first-order chi connectivity index (χ1) is 13.4. The SMILES string of the molecule is Cc1cc(NC(=O)C2CC2)sc1C(=O)Nc1ccc(OCCCN(C)C)cc1. The van der Waals surface area contributed by atoms with Crippen LogP contribution in [0.3, 0.4) is 0 Å². The number of benzene rings is 1. The van der Waals surface area contributed by atoms with Crippen LogP contribution in [0.5, 0.6) is 5.75 Å². The van der Waals surface area contributed by atoms with Gasteiger partial charge in [-0.2, -0.15) is 0 Å². The van der Waals surface area contributed by atoms with Gasteiger partial charge in [0.1, 0.15) is 5.75 Å². The molecule has 7 heteroatoms. The van der Waals surface area contributed by atoms with E-state index in [1.165, 1.54) is 11.3 Å². The largest absolute Gasteiger partial charge is 0.494 e. The minimum absolute atomic E-state index is 0.0504. The van der Waals surface area contributed by atoms with Gasteiger partial charge >= 0.3 is 0 Å². The summed E-state index contributed by atoms with van der Waals surface area (Å²) in [5.74, 6) is 0.806. The number of hydrogen-bond acceptors (Lipinski definition) is 5. The number of carbonyl (C=O) groups excluding carboxylic acids is 2. The zero-order chi connectivity index (χ0) is 20.1. The maximum atomic E-state index is 12.6. The maximum Gasteiger partial charge on any atom is 0.266 e. The minimum Gasteiger partial charge on any atom is -0.494 e. The second-order valence-electron chi connectivity index (χ2n) is 7.37. The molecule has 2 N–H and O–H groups in total. The molecule has 6 nitrogen and oxygen atoms in total. The molecule has 1 aromatic heterocycles. The van der Waals surface area contributed by atoms with Gasteiger partial charge in [-0.3, -0.25) is 9.59 Å². The quantitative estimate of drug-likeness (QED) is 0.624. The van der Waals surface area contributed by atoms with Crippen LogP contribution in [0, 0.1) is 12.8 Å². The van der Waals surface area contributed by atoms with E-state index in [1.807, 2.05) is 51.4 Å². The van der Waals surface area contributed by atoms with Crippen LogP contribution in [0.15, 0.2) is 30.3 Å². The van der Waals surface area contributed by atoms with Gasteiger partial charge in [0.15, 0.2) is 0 Å². The van der Waals surface area contributed by atoms with E-state index in [-0.39, 0.29) is 17.7 Å². The number of aryl methyl sites for hydroxylation is 1. The van der Waals surface area contributed by atoms with E-state index in [2.05, 4.69) is 15.5 Å². The average Bonchev–Trinajstić information content (AvgIpc) is 3.44. The van der Waals surface area contributed by atoms with Gasteiger partial charge in [0.05, 0.1) is 16.5 Å². The molecule has 0 aliphatic heterocycles. The monoisotopic (exact) mass is 401 g/mol. The van der Waals surface area contributed by atoms with Gasteiger partial charge in [-0.25, -0.2) is 0 Å². The van der Waals surface area contributed by atoms with E-state index in [0.717, 1.165) is 42.1 Å². The summed E-state index contributed by atoms with van der Waals surface area (Å²) in [6.45, 7) is 3.52. The van der Waals surface area contributed by atoms with E-state index in [9.17, 15) is 9.59 Å². The lowest BCUT2D eigenvalue weighted by Crippen LogP contribution is -2.15. The summed E-state index contributed by atoms with van der Waals surface area (Å²) in [7, 11) is 4.08. The molecule has 2 aromatic rings. The van der Waals surface area contributed by atoms with Gasteiger partial charge in [-0.1, -0.05) is 0 Å². The molecule has 0 spiro atoms. The molecule has 0 saturated heterocycles. The van der Waals surface area contributed by atoms with Crippen LogP contribution in [0.2, 0.25) is 0 Å². The molecule has 1 aliphatic carbocycles. The summed E-state index contributed by atoms with van der Waals surface area (Å²) in [4.78, 5) is 27.2. The number of amides is 2. The predicted octanol–water partition coefficient (Wildman–Crippen LogP) is 3.99. The molecule has 1 aromatic carbocycles. The maximum absolute atomic E-state index is 12.6. The summed E-state index contributed by atoms with van der Waals surface area (Å²) >= 11 is 1.31. The Morgan fingerprint density at radius 2 is 1.89 bits per heavy atom. The van der Waals surface area contributed by atoms with E-state index in [1.54, 1.807) is 0 Å². The summed E-state index contributed by atoms with van der Waals surface area (Å²) in [5.41, 5.74) is 1.57. The highest BCUT2D eigenvalue weighted by atomic mass is 32.1. The van der Waals surface area contributed by atoms with Crippen molar-refractivity contribution >= 4 is 33.8 Å². The minimum atomic E-state index is -0.172. The number of hydrogen-bond donors (Lipinski definition) is 2. The second-order valence-corrected chi connectivity index (χ2v) is 8.42. The van der Waals surface area contributed by atoms with Crippen molar-refractivity contribution in [3.63, 3.8) is 0 Å². The van der Waals surface area contributed by atoms with Crippen molar-refractivity contribution in [1.29, 1.82) is 0 Å². The van der Waals surface area contributed by atoms with E-state index >= 15 is 0 Å². The van der Waals surface area contributed by atoms with Gasteiger partial charge in [0, 0.05) is 18.2 Å². The van der Waals surface area contributed by atoms with Gasteiger partial charge < -0.3 is 20.3 Å². The van der Waals surface area contributed by atoms with Crippen molar-refractivity contribution < 1.29 is 14.3 Å². The zero-order valence-electron chi connectivity index (χ0n) is 16.6. The lowest BCUT2D eigenvalue weighted by Gasteiger charge is -2.11. The van der Waals surface area contributed by atoms with Crippen LogP contribution in [0.25, 0.3) is 0 Å². The fourth-order valence-corrected chi connectivity index (χ4v) is 3.70. The van der Waals surface area contributed by atoms with Gasteiger partial charge in [0.25, 0.3) is 5.91 Å². The fraction of sp³-hybridized carbons (Fsp3) is 0.429. The standard InChI is InChI=1S/C21H27N3O3S/c1-14-13-18(23-20(25)15-5-6-15)28-19(14)21(26)22-16-7-9-17(10-8-16)27-12-4-11-24(2)3/h7-10,13,15H,4-6,11-12H2,1-3H3,(H,22,26)(H,23,25). The molecule has 0 unspecified atom stereocenters. The molecule has 1 saturated carbocycles. The molecule has 28 heavy (non-hydrogen) atoms. The molecule has 0 atom stereocenters. The zero-order valence-corrected chi connectivity index (χ0v) is 17.4. The highest BCUT2D eigenvalue weighted by molar-refractivity contribution is 7.18. The van der Waals surface area contributed by atoms with Crippen molar-refractivity contribution in [2.75, 3.05) is 37.9 Å². The number of thiophene rings is 1. The third kappa shape index (κ3) is 5.81. The van der Waals surface area contributed by atoms with Crippen molar-refractivity contribution in [1.82, 2.24) is 4.90 Å². The Balaban J connectivity index is 1.52. The topological polar surface area (TPSA) is 70.7 Å². The van der Waals surface area contributed by atoms with Crippen LogP contribution in [-0.4, -0.2) is 44.0 Å². The molecule has 0 bridgehead atoms. The highest BCUT2D eigenvalue weighted by Crippen LogP contribution is 2.33. The molecule has 1 aliphatic rings. The second kappa shape index (κ2) is 9.21. The fourth-order valence-electron chi connectivity index (χ4n) is 2.73. The first kappa shape index (κ1) is 20.4. The number of rotatable bonds is 9. The van der Waals surface area contributed by atoms with Crippen LogP contribution in [0.1, 0.15) is 34.5 Å². The summed E-state index contributed by atoms with van der Waals surface area (Å²) in [6.07, 6.45) is 2.88. The van der Waals surface area contributed by atoms with Crippen molar-refractivity contribution in [3.05, 3.63) is 40.8 Å². The lowest BCUT2D eigenvalue weighted by molar-refractivity contribution is -0.117. The van der Waals surface area contributed by atoms with Gasteiger partial charge in [0.2, 0.25) is 5.91 Å². The Kier molecular flexibility index (Phi) is 6.70. The van der Waals surface area contributed by atoms with Crippen molar-refractivity contribution in [2.45, 2.75) is 26.2 Å². The Bertz CT molecular complexity index is 826. The van der Waals surface area contributed by atoms with Crippen LogP contribution >= 0.6 is 11.3 Å². The number of carbonyl (C=O) groups is 2. The number of anilines is 2. The summed E-state index contributed by atoms with van der Waals surface area (Å²) < 4.78 is 5.71. The molecule has 150 valence electrons. The number of nitrogens with zero attached hydrogens (tertiary/aromatic N) is 1. The molecule has 1 fully saturated rings. The predicted molar refractivity (Wildman–Crippen MR) is 113 cm³/mol. The lowest BCUT2D eigenvalue weighted by atomic mass is 10.2. The summed E-state index contributed by atoms with van der Waals surface area (Å²) in [5, 5.41) is 6.53. The molecular weight excluding hydrogens is 374 g/mol. The Morgan fingerprint density at radius 3 is 2.54 bits per heavy atom. The molecule has 0 radical (unpaired) electrons. The Morgan fingerprint density at radius 1 is 1.18 bits per heavy atom. The molecule has 1 heterocycles. The van der Waals surface area contributed by atoms with Gasteiger partial charge in [-0.15, -0.1) is 11.3 Å². The normalized spacial score (nSPS) is 13.4. The van der Waals surface area contributed by atoms with Gasteiger partial charge in [-0.05, 0) is 76.2 Å². The average molecular weight is 402 g/mol. The first-order valence-corrected chi connectivity index (χ1v) is 10.3. The number of ether oxygens (including phenoxy) is 1. The van der Waals surface area contributed by atoms with Crippen LogP contribution in [0.4, 0.5) is 10.7 Å². The smallest absolute Gasteiger partial charge is 0.266 e. The third-order valence-corrected chi connectivity index (χ3v) is 5.60. The van der Waals surface area contributed by atoms with E-state index < -0.39 is 0 Å². The summed E-state index contributed by atoms with van der Waals surface area (Å²) in [6, 6.07) is 9.22. The first-order valence-electron chi connectivity index (χ1n) is 9.52. The molecular formula is C21H27N3O3S. The van der Waals surface area contributed by atoms with Crippen LogP contribution < -0.4 is 15.4 Å². The van der Waals surface area contributed by atoms with Crippen molar-refractivity contribution in [2.24, 2.45) is 5.92 Å². The Hall–Kier alpha value is -2.38. The van der Waals surface area contributed by atoms with Crippen LogP contribution in [-0.2, 0) is 4.79 Å².